The molecule has 7 rings (SSSR count). The van der Waals surface area contributed by atoms with Gasteiger partial charge in [0.15, 0.2) is 16.3 Å². The van der Waals surface area contributed by atoms with Crippen molar-refractivity contribution in [1.82, 2.24) is 4.57 Å². The van der Waals surface area contributed by atoms with E-state index in [4.69, 9.17) is 30.8 Å². The topological polar surface area (TPSA) is 99.4 Å². The van der Waals surface area contributed by atoms with Gasteiger partial charge in [0.1, 0.15) is 4.53 Å². The zero-order valence-corrected chi connectivity index (χ0v) is 26.1. The fourth-order valence-electron chi connectivity index (χ4n) is 6.00. The van der Waals surface area contributed by atoms with E-state index in [1.165, 1.54) is 4.57 Å². The Morgan fingerprint density at radius 1 is 1.04 bits per heavy atom. The van der Waals surface area contributed by atoms with E-state index in [0.717, 1.165) is 23.3 Å². The number of carbonyl (C=O) groups is 2. The van der Waals surface area contributed by atoms with Gasteiger partial charge in [-0.2, -0.15) is 0 Å². The Kier molecular flexibility index (Phi) is 7.55. The van der Waals surface area contributed by atoms with E-state index in [9.17, 15) is 14.4 Å². The van der Waals surface area contributed by atoms with Gasteiger partial charge in [0, 0.05) is 10.6 Å². The van der Waals surface area contributed by atoms with Crippen LogP contribution in [0.5, 0.6) is 11.5 Å². The van der Waals surface area contributed by atoms with E-state index < -0.39 is 17.6 Å². The van der Waals surface area contributed by atoms with Crippen LogP contribution < -0.4 is 29.3 Å². The van der Waals surface area contributed by atoms with Crippen molar-refractivity contribution in [3.63, 3.8) is 0 Å². The smallest absolute Gasteiger partial charge is 0.338 e. The van der Waals surface area contributed by atoms with Gasteiger partial charge in [0.2, 0.25) is 6.79 Å². The summed E-state index contributed by atoms with van der Waals surface area (Å²) in [4.78, 5) is 49.2. The molecule has 11 heteroatoms. The molecule has 45 heavy (non-hydrogen) atoms. The number of amides is 1. The SMILES string of the molecule is CCCC1=C(C(=O)OCC)[C@@H](c2ccc3c(c2)OCO3)n2c(s/c(=C3/C(=O)N(Cc4ccc(Cl)cc4)c4ccccc43)c2=O)=N1. The molecule has 0 fully saturated rings. The van der Waals surface area contributed by atoms with Crippen molar-refractivity contribution in [1.29, 1.82) is 0 Å². The number of thiazole rings is 1. The summed E-state index contributed by atoms with van der Waals surface area (Å²) in [5.41, 5.74) is 3.67. The Balaban J connectivity index is 1.45. The largest absolute Gasteiger partial charge is 0.463 e. The maximum absolute atomic E-state index is 14.5. The van der Waals surface area contributed by atoms with Crippen molar-refractivity contribution in [3.05, 3.63) is 119 Å². The summed E-state index contributed by atoms with van der Waals surface area (Å²) in [5, 5.41) is 0.607. The third-order valence-corrected chi connectivity index (χ3v) is 9.29. The summed E-state index contributed by atoms with van der Waals surface area (Å²) in [7, 11) is 0. The zero-order chi connectivity index (χ0) is 31.2. The molecule has 228 valence electrons. The van der Waals surface area contributed by atoms with Gasteiger partial charge in [-0.3, -0.25) is 14.2 Å². The molecule has 0 aliphatic carbocycles. The van der Waals surface area contributed by atoms with Crippen LogP contribution in [-0.2, 0) is 20.9 Å². The monoisotopic (exact) mass is 641 g/mol. The van der Waals surface area contributed by atoms with Gasteiger partial charge in [0.05, 0.1) is 41.7 Å². The molecule has 0 bridgehead atoms. The highest BCUT2D eigenvalue weighted by molar-refractivity contribution is 7.07. The first-order chi connectivity index (χ1) is 21.9. The van der Waals surface area contributed by atoms with Crippen molar-refractivity contribution >= 4 is 46.1 Å². The summed E-state index contributed by atoms with van der Waals surface area (Å²) in [5.74, 6) is 0.279. The Morgan fingerprint density at radius 2 is 1.82 bits per heavy atom. The van der Waals surface area contributed by atoms with Crippen molar-refractivity contribution in [2.75, 3.05) is 18.3 Å². The minimum absolute atomic E-state index is 0.0839. The Hall–Kier alpha value is -4.67. The average molecular weight is 642 g/mol. The van der Waals surface area contributed by atoms with Gasteiger partial charge in [0.25, 0.3) is 11.5 Å². The molecule has 1 amide bonds. The van der Waals surface area contributed by atoms with Gasteiger partial charge in [-0.1, -0.05) is 72.7 Å². The summed E-state index contributed by atoms with van der Waals surface area (Å²) in [6.45, 7) is 4.30. The number of fused-ring (bicyclic) bond motifs is 3. The van der Waals surface area contributed by atoms with E-state index >= 15 is 0 Å². The highest BCUT2D eigenvalue weighted by Gasteiger charge is 2.38. The Bertz CT molecular complexity index is 2080. The highest BCUT2D eigenvalue weighted by Crippen LogP contribution is 2.40. The molecule has 0 saturated carbocycles. The van der Waals surface area contributed by atoms with Gasteiger partial charge >= 0.3 is 5.97 Å². The number of anilines is 1. The third kappa shape index (κ3) is 4.94. The molecule has 1 atom stereocenters. The van der Waals surface area contributed by atoms with Crippen LogP contribution in [-0.4, -0.2) is 29.8 Å². The number of hydrogen-bond acceptors (Lipinski definition) is 8. The van der Waals surface area contributed by atoms with Gasteiger partial charge in [-0.15, -0.1) is 0 Å². The molecule has 4 aromatic rings. The normalized spacial score (nSPS) is 17.7. The molecule has 0 saturated heterocycles. The van der Waals surface area contributed by atoms with Crippen LogP contribution in [0, 0.1) is 0 Å². The lowest BCUT2D eigenvalue weighted by molar-refractivity contribution is -0.139. The van der Waals surface area contributed by atoms with Gasteiger partial charge < -0.3 is 19.1 Å². The molecular formula is C34H28ClN3O6S. The molecule has 3 aromatic carbocycles. The van der Waals surface area contributed by atoms with Gasteiger partial charge in [-0.05, 0) is 54.8 Å². The molecule has 9 nitrogen and oxygen atoms in total. The lowest BCUT2D eigenvalue weighted by Crippen LogP contribution is -2.41. The molecule has 0 N–H and O–H groups in total. The van der Waals surface area contributed by atoms with E-state index in [0.29, 0.717) is 67.9 Å². The van der Waals surface area contributed by atoms with Crippen molar-refractivity contribution in [3.8, 4) is 11.5 Å². The number of halogens is 1. The number of rotatable bonds is 7. The number of ether oxygens (including phenoxy) is 3. The summed E-state index contributed by atoms with van der Waals surface area (Å²) >= 11 is 7.25. The number of nitrogens with zero attached hydrogens (tertiary/aromatic N) is 3. The molecule has 0 radical (unpaired) electrons. The lowest BCUT2D eigenvalue weighted by Gasteiger charge is -2.25. The molecule has 3 aliphatic heterocycles. The van der Waals surface area contributed by atoms with Crippen LogP contribution in [0.3, 0.4) is 0 Å². The standard InChI is InChI=1S/C34H28ClN3O6S/c1-3-7-23-28(33(41)42-4-2)29(20-12-15-25-26(16-20)44-18-43-25)38-32(40)30(45-34(38)36-23)27-22-8-5-6-9-24(22)37(31(27)39)17-19-10-13-21(35)14-11-19/h5-6,8-16,29H,3-4,7,17-18H2,1-2H3/b30-27+/t29-/m1/s1. The maximum atomic E-state index is 14.5. The minimum atomic E-state index is -0.845. The van der Waals surface area contributed by atoms with E-state index in [2.05, 4.69) is 0 Å². The average Bonchev–Trinajstić information content (AvgIpc) is 3.71. The van der Waals surface area contributed by atoms with E-state index in [1.54, 1.807) is 36.1 Å². The quantitative estimate of drug-likeness (QED) is 0.267. The van der Waals surface area contributed by atoms with Crippen LogP contribution >= 0.6 is 22.9 Å². The Morgan fingerprint density at radius 3 is 2.60 bits per heavy atom. The summed E-state index contributed by atoms with van der Waals surface area (Å²) in [6, 6.07) is 19.3. The number of aromatic nitrogens is 1. The van der Waals surface area contributed by atoms with Crippen LogP contribution in [0.4, 0.5) is 5.69 Å². The maximum Gasteiger partial charge on any atom is 0.338 e. The van der Waals surface area contributed by atoms with Crippen LogP contribution in [0.1, 0.15) is 49.4 Å². The number of esters is 1. The fourth-order valence-corrected chi connectivity index (χ4v) is 7.23. The first-order valence-corrected chi connectivity index (χ1v) is 15.9. The third-order valence-electron chi connectivity index (χ3n) is 7.98. The van der Waals surface area contributed by atoms with Crippen LogP contribution in [0.15, 0.2) is 87.8 Å². The lowest BCUT2D eigenvalue weighted by atomic mass is 9.94. The number of carbonyl (C=O) groups excluding carboxylic acids is 2. The number of benzene rings is 3. The molecule has 1 aromatic heterocycles. The zero-order valence-electron chi connectivity index (χ0n) is 24.5. The molecule has 0 spiro atoms. The summed E-state index contributed by atoms with van der Waals surface area (Å²) < 4.78 is 18.4. The fraction of sp³-hybridized carbons (Fsp3) is 0.235. The number of para-hydroxylation sites is 1. The second kappa shape index (κ2) is 11.7. The second-order valence-electron chi connectivity index (χ2n) is 10.8. The highest BCUT2D eigenvalue weighted by atomic mass is 35.5. The number of hydrogen-bond donors (Lipinski definition) is 0. The number of allylic oxidation sites excluding steroid dienone is 1. The molecule has 4 heterocycles. The van der Waals surface area contributed by atoms with Crippen LogP contribution in [0.2, 0.25) is 5.02 Å². The Labute approximate surface area is 267 Å². The van der Waals surface area contributed by atoms with Crippen molar-refractivity contribution < 1.29 is 23.8 Å². The molecule has 3 aliphatic rings. The molecule has 0 unspecified atom stereocenters. The minimum Gasteiger partial charge on any atom is -0.463 e. The predicted molar refractivity (Wildman–Crippen MR) is 170 cm³/mol. The van der Waals surface area contributed by atoms with Crippen molar-refractivity contribution in [2.24, 2.45) is 4.99 Å². The van der Waals surface area contributed by atoms with Gasteiger partial charge in [-0.25, -0.2) is 9.79 Å². The van der Waals surface area contributed by atoms with E-state index in [-0.39, 0.29) is 23.8 Å². The molecular weight excluding hydrogens is 614 g/mol. The van der Waals surface area contributed by atoms with E-state index in [1.807, 2.05) is 49.4 Å². The first-order valence-electron chi connectivity index (χ1n) is 14.7. The summed E-state index contributed by atoms with van der Waals surface area (Å²) in [6.07, 6.45) is 1.23. The second-order valence-corrected chi connectivity index (χ2v) is 12.2. The van der Waals surface area contributed by atoms with Crippen molar-refractivity contribution in [2.45, 2.75) is 39.3 Å². The predicted octanol–water partition coefficient (Wildman–Crippen LogP) is 4.88. The first kappa shape index (κ1) is 29.1. The van der Waals surface area contributed by atoms with Crippen LogP contribution in [0.25, 0.3) is 5.57 Å².